The number of carbonyl (C=O) groups excluding carboxylic acids is 1. The van der Waals surface area contributed by atoms with E-state index in [9.17, 15) is 4.79 Å². The van der Waals surface area contributed by atoms with Crippen LogP contribution < -0.4 is 0 Å². The molecule has 0 N–H and O–H groups in total. The number of rotatable bonds is 2. The number of piperidine rings is 1. The van der Waals surface area contributed by atoms with Gasteiger partial charge in [-0.05, 0) is 31.8 Å². The summed E-state index contributed by atoms with van der Waals surface area (Å²) in [5.74, 6) is 0.427. The first-order valence-electron chi connectivity index (χ1n) is 4.34. The van der Waals surface area contributed by atoms with Crippen LogP contribution in [-0.2, 0) is 9.53 Å². The van der Waals surface area contributed by atoms with Crippen LogP contribution in [0.15, 0.2) is 0 Å². The summed E-state index contributed by atoms with van der Waals surface area (Å²) >= 11 is 0. The molecule has 0 aromatic rings. The summed E-state index contributed by atoms with van der Waals surface area (Å²) in [5.41, 5.74) is 0. The molecule has 0 aromatic carbocycles. The first kappa shape index (κ1) is 9.52. The minimum atomic E-state index is -0.141. The van der Waals surface area contributed by atoms with E-state index in [1.54, 1.807) is 0 Å². The predicted molar refractivity (Wildman–Crippen MR) is 46.5 cm³/mol. The van der Waals surface area contributed by atoms with Crippen LogP contribution in [0.4, 0.5) is 0 Å². The molecule has 0 aromatic heterocycles. The number of ether oxygens (including phenoxy) is 1. The van der Waals surface area contributed by atoms with Crippen LogP contribution in [0.5, 0.6) is 0 Å². The van der Waals surface area contributed by atoms with Gasteiger partial charge in [-0.2, -0.15) is 0 Å². The molecule has 0 spiro atoms. The van der Waals surface area contributed by atoms with Crippen LogP contribution in [0.25, 0.3) is 0 Å². The molecule has 1 aliphatic heterocycles. The number of nitrogens with zero attached hydrogens (tertiary/aromatic N) is 1. The highest BCUT2D eigenvalue weighted by Gasteiger charge is 2.17. The van der Waals surface area contributed by atoms with E-state index in [0.29, 0.717) is 12.5 Å². The zero-order chi connectivity index (χ0) is 8.97. The van der Waals surface area contributed by atoms with Crippen LogP contribution >= 0.6 is 0 Å². The largest absolute Gasteiger partial charge is 0.468 e. The molecule has 1 rings (SSSR count). The molecule has 12 heavy (non-hydrogen) atoms. The van der Waals surface area contributed by atoms with Gasteiger partial charge < -0.3 is 4.74 Å². The predicted octanol–water partition coefficient (Wildman–Crippen LogP) is 0.705. The van der Waals surface area contributed by atoms with Gasteiger partial charge in [-0.3, -0.25) is 9.69 Å². The van der Waals surface area contributed by atoms with Crippen molar-refractivity contribution in [2.45, 2.75) is 12.8 Å². The quantitative estimate of drug-likeness (QED) is 0.571. The fourth-order valence-electron chi connectivity index (χ4n) is 1.39. The maximum Gasteiger partial charge on any atom is 0.319 e. The van der Waals surface area contributed by atoms with Gasteiger partial charge in [-0.1, -0.05) is 6.92 Å². The normalized spacial score (nSPS) is 20.8. The van der Waals surface area contributed by atoms with Crippen molar-refractivity contribution in [1.82, 2.24) is 4.90 Å². The van der Waals surface area contributed by atoms with Crippen molar-refractivity contribution in [2.75, 3.05) is 26.7 Å². The smallest absolute Gasteiger partial charge is 0.319 e. The standard InChI is InChI=1S/C9H16NO2/c1-8-3-5-10(6-4-8)7-9(11)12-2/h8H,1,3-7H2,2H3. The fourth-order valence-corrected chi connectivity index (χ4v) is 1.39. The molecule has 1 heterocycles. The van der Waals surface area contributed by atoms with Crippen molar-refractivity contribution in [3.05, 3.63) is 6.92 Å². The summed E-state index contributed by atoms with van der Waals surface area (Å²) in [4.78, 5) is 13.0. The second-order valence-electron chi connectivity index (χ2n) is 3.30. The van der Waals surface area contributed by atoms with Gasteiger partial charge in [0, 0.05) is 0 Å². The highest BCUT2D eigenvalue weighted by molar-refractivity contribution is 5.71. The van der Waals surface area contributed by atoms with Gasteiger partial charge in [0.1, 0.15) is 0 Å². The number of hydrogen-bond acceptors (Lipinski definition) is 3. The minimum Gasteiger partial charge on any atom is -0.468 e. The molecule has 0 atom stereocenters. The van der Waals surface area contributed by atoms with Crippen LogP contribution in [0.3, 0.4) is 0 Å². The maximum absolute atomic E-state index is 10.9. The maximum atomic E-state index is 10.9. The zero-order valence-corrected chi connectivity index (χ0v) is 7.58. The number of methoxy groups -OCH3 is 1. The third-order valence-electron chi connectivity index (χ3n) is 2.29. The average molecular weight is 170 g/mol. The van der Waals surface area contributed by atoms with Gasteiger partial charge in [-0.15, -0.1) is 0 Å². The molecule has 1 aliphatic rings. The Kier molecular flexibility index (Phi) is 3.53. The summed E-state index contributed by atoms with van der Waals surface area (Å²) in [6, 6.07) is 0. The lowest BCUT2D eigenvalue weighted by atomic mass is 9.99. The third kappa shape index (κ3) is 2.81. The minimum absolute atomic E-state index is 0.141. The zero-order valence-electron chi connectivity index (χ0n) is 7.58. The van der Waals surface area contributed by atoms with E-state index >= 15 is 0 Å². The molecule has 3 nitrogen and oxygen atoms in total. The van der Waals surface area contributed by atoms with Crippen molar-refractivity contribution in [2.24, 2.45) is 5.92 Å². The first-order chi connectivity index (χ1) is 5.72. The lowest BCUT2D eigenvalue weighted by Crippen LogP contribution is -2.37. The Morgan fingerprint density at radius 2 is 2.17 bits per heavy atom. The van der Waals surface area contributed by atoms with Crippen molar-refractivity contribution in [3.63, 3.8) is 0 Å². The second kappa shape index (κ2) is 4.45. The molecule has 0 saturated carbocycles. The lowest BCUT2D eigenvalue weighted by Gasteiger charge is -2.28. The van der Waals surface area contributed by atoms with Crippen LogP contribution in [-0.4, -0.2) is 37.6 Å². The van der Waals surface area contributed by atoms with Crippen molar-refractivity contribution < 1.29 is 9.53 Å². The SMILES string of the molecule is [CH2]C1CCN(CC(=O)OC)CC1. The molecule has 0 amide bonds. The van der Waals surface area contributed by atoms with Crippen molar-refractivity contribution >= 4 is 5.97 Å². The fraction of sp³-hybridized carbons (Fsp3) is 0.778. The summed E-state index contributed by atoms with van der Waals surface area (Å²) in [7, 11) is 1.43. The number of esters is 1. The van der Waals surface area contributed by atoms with E-state index in [-0.39, 0.29) is 5.97 Å². The van der Waals surface area contributed by atoms with Crippen LogP contribution in [0.1, 0.15) is 12.8 Å². The Morgan fingerprint density at radius 1 is 1.58 bits per heavy atom. The Hall–Kier alpha value is -0.570. The molecule has 0 bridgehead atoms. The van der Waals surface area contributed by atoms with Gasteiger partial charge in [0.25, 0.3) is 0 Å². The molecule has 69 valence electrons. The van der Waals surface area contributed by atoms with Gasteiger partial charge in [0.15, 0.2) is 0 Å². The Labute approximate surface area is 73.7 Å². The van der Waals surface area contributed by atoms with Crippen molar-refractivity contribution in [3.8, 4) is 0 Å². The molecule has 0 aliphatic carbocycles. The molecule has 3 heteroatoms. The molecular formula is C9H16NO2. The van der Waals surface area contributed by atoms with Gasteiger partial charge in [-0.25, -0.2) is 0 Å². The summed E-state index contributed by atoms with van der Waals surface area (Å²) in [6.45, 7) is 6.37. The molecular weight excluding hydrogens is 154 g/mol. The van der Waals surface area contributed by atoms with Gasteiger partial charge in [0.2, 0.25) is 0 Å². The highest BCUT2D eigenvalue weighted by atomic mass is 16.5. The summed E-state index contributed by atoms with van der Waals surface area (Å²) in [6.07, 6.45) is 2.19. The lowest BCUT2D eigenvalue weighted by molar-refractivity contribution is -0.142. The summed E-state index contributed by atoms with van der Waals surface area (Å²) < 4.78 is 4.58. The van der Waals surface area contributed by atoms with E-state index in [0.717, 1.165) is 25.9 Å². The third-order valence-corrected chi connectivity index (χ3v) is 2.29. The van der Waals surface area contributed by atoms with E-state index in [2.05, 4.69) is 16.6 Å². The molecule has 1 saturated heterocycles. The molecule has 1 radical (unpaired) electrons. The van der Waals surface area contributed by atoms with E-state index in [1.807, 2.05) is 0 Å². The number of likely N-dealkylation sites (tertiary alicyclic amines) is 1. The first-order valence-corrected chi connectivity index (χ1v) is 4.34. The average Bonchev–Trinajstić information content (AvgIpc) is 2.09. The summed E-state index contributed by atoms with van der Waals surface area (Å²) in [5, 5.41) is 0. The monoisotopic (exact) mass is 170 g/mol. The topological polar surface area (TPSA) is 29.5 Å². The molecule has 1 fully saturated rings. The molecule has 0 unspecified atom stereocenters. The van der Waals surface area contributed by atoms with Crippen LogP contribution in [0, 0.1) is 12.8 Å². The highest BCUT2D eigenvalue weighted by Crippen LogP contribution is 2.14. The second-order valence-corrected chi connectivity index (χ2v) is 3.30. The Balaban J connectivity index is 2.21. The van der Waals surface area contributed by atoms with Crippen LogP contribution in [0.2, 0.25) is 0 Å². The number of carbonyl (C=O) groups is 1. The number of hydrogen-bond donors (Lipinski definition) is 0. The van der Waals surface area contributed by atoms with Crippen molar-refractivity contribution in [1.29, 1.82) is 0 Å². The Bertz CT molecular complexity index is 151. The Morgan fingerprint density at radius 3 is 2.67 bits per heavy atom. The van der Waals surface area contributed by atoms with E-state index in [4.69, 9.17) is 0 Å². The van der Waals surface area contributed by atoms with Gasteiger partial charge >= 0.3 is 5.97 Å². The van der Waals surface area contributed by atoms with E-state index < -0.39 is 0 Å². The van der Waals surface area contributed by atoms with Gasteiger partial charge in [0.05, 0.1) is 13.7 Å². The van der Waals surface area contributed by atoms with E-state index in [1.165, 1.54) is 7.11 Å².